The summed E-state index contributed by atoms with van der Waals surface area (Å²) < 4.78 is 5.47. The molecule has 0 bridgehead atoms. The molecule has 1 amide bonds. The lowest BCUT2D eigenvalue weighted by atomic mass is 9.81. The lowest BCUT2D eigenvalue weighted by Crippen LogP contribution is -2.57. The number of amides is 1. The number of carbonyl (C=O) groups is 1. The quantitative estimate of drug-likeness (QED) is 0.448. The minimum Gasteiger partial charge on any atom is -0.366 e. The first kappa shape index (κ1) is 14.8. The van der Waals surface area contributed by atoms with Crippen molar-refractivity contribution in [2.24, 2.45) is 17.0 Å². The zero-order valence-corrected chi connectivity index (χ0v) is 10.9. The predicted molar refractivity (Wildman–Crippen MR) is 65.4 cm³/mol. The molecule has 0 aromatic rings. The molecule has 0 saturated carbocycles. The van der Waals surface area contributed by atoms with Gasteiger partial charge in [-0.15, -0.1) is 0 Å². The molecule has 2 unspecified atom stereocenters. The van der Waals surface area contributed by atoms with E-state index in [4.69, 9.17) is 10.3 Å². The third-order valence-electron chi connectivity index (χ3n) is 3.61. The predicted octanol–water partition coefficient (Wildman–Crippen LogP) is 1.18. The highest BCUT2D eigenvalue weighted by atomic mass is 16.6. The van der Waals surface area contributed by atoms with E-state index in [1.807, 2.05) is 20.8 Å². The molecule has 5 atom stereocenters. The Balaban J connectivity index is 2.64. The molecular weight excluding hydrogens is 236 g/mol. The Morgan fingerprint density at radius 2 is 2.17 bits per heavy atom. The first-order valence-electron chi connectivity index (χ1n) is 6.15. The molecule has 0 aromatic carbocycles. The van der Waals surface area contributed by atoms with Crippen LogP contribution in [0, 0.1) is 11.8 Å². The van der Waals surface area contributed by atoms with Crippen molar-refractivity contribution in [2.75, 3.05) is 6.54 Å². The Bertz CT molecular complexity index is 343. The van der Waals surface area contributed by atoms with Gasteiger partial charge in [-0.1, -0.05) is 25.9 Å². The number of aliphatic hydroxyl groups is 1. The molecular formula is C11H20N4O3. The molecule has 102 valence electrons. The summed E-state index contributed by atoms with van der Waals surface area (Å²) in [4.78, 5) is 14.0. The molecule has 0 aliphatic carbocycles. The second-order valence-electron chi connectivity index (χ2n) is 4.67. The van der Waals surface area contributed by atoms with Gasteiger partial charge >= 0.3 is 0 Å². The van der Waals surface area contributed by atoms with E-state index in [0.29, 0.717) is 0 Å². The van der Waals surface area contributed by atoms with Crippen LogP contribution >= 0.6 is 0 Å². The third-order valence-corrected chi connectivity index (χ3v) is 3.61. The van der Waals surface area contributed by atoms with Crippen molar-refractivity contribution >= 4 is 5.91 Å². The Labute approximate surface area is 106 Å². The van der Waals surface area contributed by atoms with Crippen molar-refractivity contribution < 1.29 is 14.6 Å². The molecule has 1 heterocycles. The van der Waals surface area contributed by atoms with Crippen LogP contribution in [0.3, 0.4) is 0 Å². The Kier molecular flexibility index (Phi) is 5.40. The van der Waals surface area contributed by atoms with E-state index in [0.717, 1.165) is 6.42 Å². The number of nitrogens with zero attached hydrogens (tertiary/aromatic N) is 3. The number of hydrogen-bond donors (Lipinski definition) is 2. The van der Waals surface area contributed by atoms with Crippen LogP contribution < -0.4 is 5.32 Å². The fourth-order valence-electron chi connectivity index (χ4n) is 2.31. The first-order valence-corrected chi connectivity index (χ1v) is 6.15. The Morgan fingerprint density at radius 3 is 2.72 bits per heavy atom. The van der Waals surface area contributed by atoms with Crippen molar-refractivity contribution in [1.29, 1.82) is 0 Å². The van der Waals surface area contributed by atoms with Gasteiger partial charge in [-0.25, -0.2) is 0 Å². The van der Waals surface area contributed by atoms with Gasteiger partial charge in [-0.2, -0.15) is 0 Å². The van der Waals surface area contributed by atoms with E-state index in [9.17, 15) is 9.90 Å². The fraction of sp³-hybridized carbons (Fsp3) is 0.909. The zero-order valence-electron chi connectivity index (χ0n) is 10.9. The summed E-state index contributed by atoms with van der Waals surface area (Å²) in [5.41, 5.74) is 8.14. The van der Waals surface area contributed by atoms with E-state index in [1.54, 1.807) is 0 Å². The zero-order chi connectivity index (χ0) is 13.7. The molecule has 1 fully saturated rings. The molecule has 0 aromatic heterocycles. The summed E-state index contributed by atoms with van der Waals surface area (Å²) in [6, 6.07) is -0.468. The number of aliphatic hydroxyl groups excluding tert-OH is 1. The van der Waals surface area contributed by atoms with Crippen molar-refractivity contribution in [3.8, 4) is 0 Å². The molecule has 7 nitrogen and oxygen atoms in total. The van der Waals surface area contributed by atoms with Crippen LogP contribution in [-0.2, 0) is 9.53 Å². The van der Waals surface area contributed by atoms with Gasteiger partial charge < -0.3 is 15.2 Å². The van der Waals surface area contributed by atoms with E-state index in [-0.39, 0.29) is 24.5 Å². The third kappa shape index (κ3) is 3.35. The van der Waals surface area contributed by atoms with E-state index < -0.39 is 18.2 Å². The minimum atomic E-state index is -1.02. The monoisotopic (exact) mass is 256 g/mol. The van der Waals surface area contributed by atoms with Gasteiger partial charge in [0, 0.05) is 4.91 Å². The van der Waals surface area contributed by atoms with Gasteiger partial charge in [0.1, 0.15) is 6.54 Å². The highest BCUT2D eigenvalue weighted by molar-refractivity contribution is 5.78. The summed E-state index contributed by atoms with van der Waals surface area (Å²) in [5.74, 6) is -0.0775. The normalized spacial score (nSPS) is 35.7. The summed E-state index contributed by atoms with van der Waals surface area (Å²) >= 11 is 0. The number of rotatable bonds is 4. The maximum absolute atomic E-state index is 11.5. The van der Waals surface area contributed by atoms with Crippen LogP contribution in [0.4, 0.5) is 0 Å². The first-order chi connectivity index (χ1) is 8.51. The van der Waals surface area contributed by atoms with Crippen LogP contribution in [0.25, 0.3) is 10.4 Å². The highest BCUT2D eigenvalue weighted by Crippen LogP contribution is 2.31. The Hall–Kier alpha value is -1.30. The van der Waals surface area contributed by atoms with Gasteiger partial charge in [0.2, 0.25) is 5.91 Å². The largest absolute Gasteiger partial charge is 0.366 e. The Morgan fingerprint density at radius 1 is 1.50 bits per heavy atom. The smallest absolute Gasteiger partial charge is 0.226 e. The average molecular weight is 256 g/mol. The van der Waals surface area contributed by atoms with Crippen molar-refractivity contribution in [3.05, 3.63) is 10.4 Å². The second kappa shape index (κ2) is 6.58. The van der Waals surface area contributed by atoms with Gasteiger partial charge in [0.25, 0.3) is 0 Å². The number of azide groups is 1. The van der Waals surface area contributed by atoms with Crippen molar-refractivity contribution in [3.63, 3.8) is 0 Å². The van der Waals surface area contributed by atoms with Crippen LogP contribution in [-0.4, -0.2) is 36.0 Å². The van der Waals surface area contributed by atoms with Crippen LogP contribution in [0.1, 0.15) is 27.2 Å². The molecule has 0 spiro atoms. The molecule has 0 radical (unpaired) electrons. The van der Waals surface area contributed by atoms with E-state index in [2.05, 4.69) is 15.3 Å². The molecule has 7 heteroatoms. The maximum Gasteiger partial charge on any atom is 0.226 e. The molecule has 1 saturated heterocycles. The van der Waals surface area contributed by atoms with Crippen molar-refractivity contribution in [1.82, 2.24) is 5.32 Å². The van der Waals surface area contributed by atoms with Crippen LogP contribution in [0.15, 0.2) is 5.11 Å². The summed E-state index contributed by atoms with van der Waals surface area (Å²) in [7, 11) is 0. The lowest BCUT2D eigenvalue weighted by Gasteiger charge is -2.42. The van der Waals surface area contributed by atoms with Crippen molar-refractivity contribution in [2.45, 2.75) is 45.6 Å². The van der Waals surface area contributed by atoms with E-state index in [1.165, 1.54) is 0 Å². The van der Waals surface area contributed by atoms with Crippen LogP contribution in [0.2, 0.25) is 0 Å². The summed E-state index contributed by atoms with van der Waals surface area (Å²) in [6.07, 6.45) is -0.196. The second-order valence-corrected chi connectivity index (χ2v) is 4.67. The summed E-state index contributed by atoms with van der Waals surface area (Å²) in [5, 5.41) is 15.7. The topological polar surface area (TPSA) is 107 Å². The molecule has 2 N–H and O–H groups in total. The van der Waals surface area contributed by atoms with E-state index >= 15 is 0 Å². The van der Waals surface area contributed by atoms with Gasteiger partial charge in [0.15, 0.2) is 6.29 Å². The molecule has 1 aliphatic rings. The van der Waals surface area contributed by atoms with Crippen LogP contribution in [0.5, 0.6) is 0 Å². The van der Waals surface area contributed by atoms with Gasteiger partial charge in [-0.05, 0) is 23.8 Å². The highest BCUT2D eigenvalue weighted by Gasteiger charge is 2.40. The average Bonchev–Trinajstić information content (AvgIpc) is 2.36. The molecule has 1 aliphatic heterocycles. The number of nitrogens with one attached hydrogen (secondary N) is 1. The number of carbonyl (C=O) groups excluding carboxylic acids is 1. The standard InChI is InChI=1S/C11H20N4O3/c1-4-8-6(2)7(3)10(11(17)18-8)14-9(16)5-13-15-12/h6-8,10-11,17H,4-5H2,1-3H3,(H,14,16)/t6-,7-,8?,10?,11+/m0/s1. The minimum absolute atomic E-state index is 0.000261. The lowest BCUT2D eigenvalue weighted by molar-refractivity contribution is -0.212. The maximum atomic E-state index is 11.5. The number of ether oxygens (including phenoxy) is 1. The van der Waals surface area contributed by atoms with Gasteiger partial charge in [-0.3, -0.25) is 4.79 Å². The van der Waals surface area contributed by atoms with Gasteiger partial charge in [0.05, 0.1) is 12.1 Å². The fourth-order valence-corrected chi connectivity index (χ4v) is 2.31. The summed E-state index contributed by atoms with van der Waals surface area (Å²) in [6.45, 7) is 5.74. The molecule has 18 heavy (non-hydrogen) atoms. The molecule has 1 rings (SSSR count). The SMILES string of the molecule is CCC1O[C@@H](O)C(NC(=O)CN=[N+]=[N-])[C@@H](C)[C@@H]1C. The number of hydrogen-bond acceptors (Lipinski definition) is 4.